The van der Waals surface area contributed by atoms with Gasteiger partial charge in [-0.1, -0.05) is 20.8 Å². The fraction of sp³-hybridized carbons (Fsp3) is 1.00. The number of hydrogen-bond donors (Lipinski definition) is 1. The predicted octanol–water partition coefficient (Wildman–Crippen LogP) is 2.35. The fourth-order valence-electron chi connectivity index (χ4n) is 2.46. The van der Waals surface area contributed by atoms with Gasteiger partial charge in [-0.3, -0.25) is 0 Å². The van der Waals surface area contributed by atoms with Crippen LogP contribution in [-0.2, 0) is 0 Å². The molecule has 1 saturated carbocycles. The molecule has 2 heteroatoms. The van der Waals surface area contributed by atoms with E-state index in [4.69, 9.17) is 0 Å². The fourth-order valence-corrected chi connectivity index (χ4v) is 2.46. The van der Waals surface area contributed by atoms with Crippen molar-refractivity contribution in [3.63, 3.8) is 0 Å². The van der Waals surface area contributed by atoms with Crippen molar-refractivity contribution in [1.82, 2.24) is 10.2 Å². The highest BCUT2D eigenvalue weighted by Gasteiger charge is 2.30. The Morgan fingerprint density at radius 3 is 2.33 bits per heavy atom. The summed E-state index contributed by atoms with van der Waals surface area (Å²) in [5, 5.41) is 3.75. The summed E-state index contributed by atoms with van der Waals surface area (Å²) in [6.07, 6.45) is 4.17. The van der Waals surface area contributed by atoms with E-state index in [0.717, 1.165) is 25.0 Å². The lowest BCUT2D eigenvalue weighted by Gasteiger charge is -2.30. The van der Waals surface area contributed by atoms with Crippen LogP contribution in [0.5, 0.6) is 0 Å². The molecule has 1 atom stereocenters. The lowest BCUT2D eigenvalue weighted by molar-refractivity contribution is 0.221. The zero-order chi connectivity index (χ0) is 11.5. The van der Waals surface area contributed by atoms with Gasteiger partial charge >= 0.3 is 0 Å². The Kier molecular flexibility index (Phi) is 4.60. The minimum absolute atomic E-state index is 0.381. The van der Waals surface area contributed by atoms with Crippen LogP contribution in [0.15, 0.2) is 0 Å². The predicted molar refractivity (Wildman–Crippen MR) is 67.1 cm³/mol. The van der Waals surface area contributed by atoms with Crippen LogP contribution >= 0.6 is 0 Å². The maximum absolute atomic E-state index is 3.75. The molecule has 0 heterocycles. The summed E-state index contributed by atoms with van der Waals surface area (Å²) in [4.78, 5) is 2.28. The Bertz CT molecular complexity index is 183. The van der Waals surface area contributed by atoms with Gasteiger partial charge in [0, 0.05) is 19.1 Å². The average Bonchev–Trinajstić information content (AvgIpc) is 2.86. The number of nitrogens with one attached hydrogen (secondary N) is 1. The summed E-state index contributed by atoms with van der Waals surface area (Å²) in [6.45, 7) is 9.29. The van der Waals surface area contributed by atoms with Crippen molar-refractivity contribution >= 4 is 0 Å². The molecule has 0 saturated heterocycles. The highest BCUT2D eigenvalue weighted by atomic mass is 15.1. The molecule has 0 radical (unpaired) electrons. The van der Waals surface area contributed by atoms with Crippen LogP contribution in [-0.4, -0.2) is 38.1 Å². The van der Waals surface area contributed by atoms with Crippen molar-refractivity contribution in [1.29, 1.82) is 0 Å². The molecule has 1 N–H and O–H groups in total. The SMILES string of the molecule is CCC(NCC(C)(C)CN(C)C)C1CC1. The standard InChI is InChI=1S/C13H28N2/c1-6-12(11-7-8-11)14-9-13(2,3)10-15(4)5/h11-12,14H,6-10H2,1-5H3. The van der Waals surface area contributed by atoms with E-state index in [1.54, 1.807) is 0 Å². The minimum Gasteiger partial charge on any atom is -0.313 e. The molecule has 0 spiro atoms. The van der Waals surface area contributed by atoms with Gasteiger partial charge in [-0.2, -0.15) is 0 Å². The summed E-state index contributed by atoms with van der Waals surface area (Å²) >= 11 is 0. The van der Waals surface area contributed by atoms with Crippen molar-refractivity contribution in [2.45, 2.75) is 46.1 Å². The highest BCUT2D eigenvalue weighted by molar-refractivity contribution is 4.87. The zero-order valence-corrected chi connectivity index (χ0v) is 11.1. The molecule has 1 rings (SSSR count). The Morgan fingerprint density at radius 1 is 1.33 bits per heavy atom. The maximum Gasteiger partial charge on any atom is 0.00929 e. The lowest BCUT2D eigenvalue weighted by Crippen LogP contribution is -2.42. The number of hydrogen-bond acceptors (Lipinski definition) is 2. The van der Waals surface area contributed by atoms with E-state index < -0.39 is 0 Å². The molecular formula is C13H28N2. The number of nitrogens with zero attached hydrogens (tertiary/aromatic N) is 1. The van der Waals surface area contributed by atoms with Crippen molar-refractivity contribution in [2.24, 2.45) is 11.3 Å². The number of rotatable bonds is 7. The minimum atomic E-state index is 0.381. The summed E-state index contributed by atoms with van der Waals surface area (Å²) < 4.78 is 0. The second-order valence-electron chi connectivity index (χ2n) is 6.14. The molecule has 2 nitrogen and oxygen atoms in total. The first kappa shape index (κ1) is 13.0. The Hall–Kier alpha value is -0.0800. The molecule has 15 heavy (non-hydrogen) atoms. The van der Waals surface area contributed by atoms with E-state index in [2.05, 4.69) is 45.1 Å². The van der Waals surface area contributed by atoms with Gasteiger partial charge in [-0.15, -0.1) is 0 Å². The van der Waals surface area contributed by atoms with Crippen molar-refractivity contribution in [3.8, 4) is 0 Å². The third-order valence-electron chi connectivity index (χ3n) is 3.22. The zero-order valence-electron chi connectivity index (χ0n) is 11.1. The second-order valence-corrected chi connectivity index (χ2v) is 6.14. The van der Waals surface area contributed by atoms with Crippen LogP contribution in [0.4, 0.5) is 0 Å². The molecule has 1 aliphatic rings. The van der Waals surface area contributed by atoms with Crippen LogP contribution in [0.1, 0.15) is 40.0 Å². The van der Waals surface area contributed by atoms with Gasteiger partial charge in [-0.05, 0) is 44.7 Å². The molecule has 0 amide bonds. The van der Waals surface area contributed by atoms with Gasteiger partial charge in [0.05, 0.1) is 0 Å². The molecule has 0 aliphatic heterocycles. The normalized spacial score (nSPS) is 19.6. The van der Waals surface area contributed by atoms with Gasteiger partial charge < -0.3 is 10.2 Å². The quantitative estimate of drug-likeness (QED) is 0.697. The van der Waals surface area contributed by atoms with E-state index in [9.17, 15) is 0 Å². The van der Waals surface area contributed by atoms with Crippen LogP contribution in [0.25, 0.3) is 0 Å². The van der Waals surface area contributed by atoms with E-state index >= 15 is 0 Å². The summed E-state index contributed by atoms with van der Waals surface area (Å²) in [7, 11) is 4.31. The average molecular weight is 212 g/mol. The molecule has 0 aromatic heterocycles. The molecule has 1 fully saturated rings. The smallest absolute Gasteiger partial charge is 0.00929 e. The first-order valence-electron chi connectivity index (χ1n) is 6.33. The molecular weight excluding hydrogens is 184 g/mol. The molecule has 1 unspecified atom stereocenters. The molecule has 90 valence electrons. The van der Waals surface area contributed by atoms with E-state index in [0.29, 0.717) is 5.41 Å². The monoisotopic (exact) mass is 212 g/mol. The lowest BCUT2D eigenvalue weighted by atomic mass is 9.92. The van der Waals surface area contributed by atoms with Crippen LogP contribution in [0.2, 0.25) is 0 Å². The van der Waals surface area contributed by atoms with Crippen LogP contribution in [0, 0.1) is 11.3 Å². The van der Waals surface area contributed by atoms with Gasteiger partial charge in [0.2, 0.25) is 0 Å². The first-order valence-corrected chi connectivity index (χ1v) is 6.33. The summed E-state index contributed by atoms with van der Waals surface area (Å²) in [5.74, 6) is 0.977. The molecule has 0 aromatic rings. The van der Waals surface area contributed by atoms with Gasteiger partial charge in [0.15, 0.2) is 0 Å². The topological polar surface area (TPSA) is 15.3 Å². The Labute approximate surface area is 95.4 Å². The molecule has 0 bridgehead atoms. The van der Waals surface area contributed by atoms with Gasteiger partial charge in [0.1, 0.15) is 0 Å². The van der Waals surface area contributed by atoms with E-state index in [1.165, 1.54) is 19.3 Å². The second kappa shape index (κ2) is 5.31. The first-order chi connectivity index (χ1) is 6.94. The largest absolute Gasteiger partial charge is 0.313 e. The maximum atomic E-state index is 3.75. The van der Waals surface area contributed by atoms with Gasteiger partial charge in [-0.25, -0.2) is 0 Å². The molecule has 1 aliphatic carbocycles. The van der Waals surface area contributed by atoms with Crippen molar-refractivity contribution in [2.75, 3.05) is 27.2 Å². The highest BCUT2D eigenvalue weighted by Crippen LogP contribution is 2.34. The van der Waals surface area contributed by atoms with E-state index in [1.807, 2.05) is 0 Å². The van der Waals surface area contributed by atoms with Crippen LogP contribution < -0.4 is 5.32 Å². The third-order valence-corrected chi connectivity index (χ3v) is 3.22. The Balaban J connectivity index is 2.26. The summed E-state index contributed by atoms with van der Waals surface area (Å²) in [5.41, 5.74) is 0.381. The van der Waals surface area contributed by atoms with Gasteiger partial charge in [0.25, 0.3) is 0 Å². The summed E-state index contributed by atoms with van der Waals surface area (Å²) in [6, 6.07) is 0.770. The third kappa shape index (κ3) is 4.98. The van der Waals surface area contributed by atoms with Crippen molar-refractivity contribution < 1.29 is 0 Å². The van der Waals surface area contributed by atoms with Crippen LogP contribution in [0.3, 0.4) is 0 Å². The van der Waals surface area contributed by atoms with Crippen molar-refractivity contribution in [3.05, 3.63) is 0 Å². The molecule has 0 aromatic carbocycles. The van der Waals surface area contributed by atoms with E-state index in [-0.39, 0.29) is 0 Å². The Morgan fingerprint density at radius 2 is 1.93 bits per heavy atom.